The number of nitrogens with zero attached hydrogens (tertiary/aromatic N) is 2. The predicted octanol–water partition coefficient (Wildman–Crippen LogP) is 2.05. The maximum Gasteiger partial charge on any atom is 0.0420 e. The predicted molar refractivity (Wildman–Crippen MR) is 94.7 cm³/mol. The molecule has 4 nitrogen and oxygen atoms in total. The van der Waals surface area contributed by atoms with E-state index in [-0.39, 0.29) is 0 Å². The second-order valence-corrected chi connectivity index (χ2v) is 7.41. The van der Waals surface area contributed by atoms with E-state index >= 15 is 0 Å². The number of benzene rings is 1. The zero-order valence-electron chi connectivity index (χ0n) is 13.8. The Labute approximate surface area is 139 Å². The van der Waals surface area contributed by atoms with E-state index in [1.807, 2.05) is 0 Å². The molecule has 1 aromatic carbocycles. The van der Waals surface area contributed by atoms with Crippen molar-refractivity contribution >= 4 is 6.21 Å². The van der Waals surface area contributed by atoms with Crippen molar-refractivity contribution in [2.45, 2.75) is 31.2 Å². The topological polar surface area (TPSA) is 39.7 Å². The van der Waals surface area contributed by atoms with Crippen LogP contribution >= 0.6 is 0 Å². The summed E-state index contributed by atoms with van der Waals surface area (Å²) in [4.78, 5) is 2.62. The van der Waals surface area contributed by atoms with Crippen LogP contribution in [0, 0.1) is 11.8 Å². The fourth-order valence-corrected chi connectivity index (χ4v) is 4.00. The Balaban J connectivity index is 1.14. The molecule has 0 bridgehead atoms. The average molecular weight is 312 g/mol. The van der Waals surface area contributed by atoms with Gasteiger partial charge < -0.3 is 15.6 Å². The van der Waals surface area contributed by atoms with Crippen LogP contribution in [-0.4, -0.2) is 49.9 Å². The van der Waals surface area contributed by atoms with Crippen molar-refractivity contribution in [3.8, 4) is 0 Å². The van der Waals surface area contributed by atoms with Gasteiger partial charge in [0.2, 0.25) is 0 Å². The highest BCUT2D eigenvalue weighted by Gasteiger charge is 2.38. The number of nitrogens with one attached hydrogen (secondary N) is 2. The first-order chi connectivity index (χ1) is 11.4. The molecule has 0 spiro atoms. The summed E-state index contributed by atoms with van der Waals surface area (Å²) in [6.45, 7) is 5.90. The molecule has 1 saturated heterocycles. The van der Waals surface area contributed by atoms with Crippen LogP contribution in [0.2, 0.25) is 0 Å². The maximum absolute atomic E-state index is 4.12. The Bertz CT molecular complexity index is 521. The molecule has 0 radical (unpaired) electrons. The molecule has 1 saturated carbocycles. The SMILES string of the molecule is C1=NNCC1CN1CCC(CN[C@@H]2C[C@H]2c2ccccc2)CC1. The van der Waals surface area contributed by atoms with Crippen LogP contribution in [0.25, 0.3) is 0 Å². The van der Waals surface area contributed by atoms with E-state index in [0.29, 0.717) is 5.92 Å². The van der Waals surface area contributed by atoms with Gasteiger partial charge in [0, 0.05) is 37.2 Å². The van der Waals surface area contributed by atoms with Crippen LogP contribution in [0.5, 0.6) is 0 Å². The molecule has 4 heteroatoms. The van der Waals surface area contributed by atoms with Gasteiger partial charge in [-0.05, 0) is 50.4 Å². The van der Waals surface area contributed by atoms with Gasteiger partial charge in [0.25, 0.3) is 0 Å². The maximum atomic E-state index is 4.12. The third kappa shape index (κ3) is 3.93. The van der Waals surface area contributed by atoms with Crippen LogP contribution in [-0.2, 0) is 0 Å². The average Bonchev–Trinajstić information content (AvgIpc) is 3.21. The van der Waals surface area contributed by atoms with Crippen molar-refractivity contribution in [2.24, 2.45) is 16.9 Å². The van der Waals surface area contributed by atoms with Gasteiger partial charge in [-0.2, -0.15) is 5.10 Å². The first kappa shape index (κ1) is 15.2. The summed E-state index contributed by atoms with van der Waals surface area (Å²) in [5.41, 5.74) is 4.57. The van der Waals surface area contributed by atoms with E-state index in [2.05, 4.69) is 57.3 Å². The lowest BCUT2D eigenvalue weighted by Gasteiger charge is -2.33. The molecule has 0 amide bonds. The van der Waals surface area contributed by atoms with Crippen LogP contribution < -0.4 is 10.7 Å². The Morgan fingerprint density at radius 2 is 2.00 bits per heavy atom. The second kappa shape index (κ2) is 7.02. The number of piperidine rings is 1. The number of hydrazone groups is 1. The third-order valence-corrected chi connectivity index (χ3v) is 5.62. The molecular formula is C19H28N4. The Morgan fingerprint density at radius 1 is 1.17 bits per heavy atom. The normalized spacial score (nSPS) is 31.2. The number of hydrogen-bond donors (Lipinski definition) is 2. The number of hydrogen-bond acceptors (Lipinski definition) is 4. The van der Waals surface area contributed by atoms with Crippen LogP contribution in [0.1, 0.15) is 30.7 Å². The highest BCUT2D eigenvalue weighted by molar-refractivity contribution is 5.62. The highest BCUT2D eigenvalue weighted by Crippen LogP contribution is 2.40. The van der Waals surface area contributed by atoms with E-state index in [9.17, 15) is 0 Å². The van der Waals surface area contributed by atoms with E-state index in [1.165, 1.54) is 51.0 Å². The lowest BCUT2D eigenvalue weighted by Crippen LogP contribution is -2.40. The summed E-state index contributed by atoms with van der Waals surface area (Å²) < 4.78 is 0. The largest absolute Gasteiger partial charge is 0.313 e. The van der Waals surface area contributed by atoms with Crippen molar-refractivity contribution in [2.75, 3.05) is 32.7 Å². The summed E-state index contributed by atoms with van der Waals surface area (Å²) in [5, 5.41) is 7.93. The lowest BCUT2D eigenvalue weighted by molar-refractivity contribution is 0.173. The summed E-state index contributed by atoms with van der Waals surface area (Å²) in [6.07, 6.45) is 6.07. The van der Waals surface area contributed by atoms with E-state index in [1.54, 1.807) is 0 Å². The molecule has 1 aliphatic carbocycles. The molecule has 3 atom stereocenters. The summed E-state index contributed by atoms with van der Waals surface area (Å²) in [5.74, 6) is 2.23. The zero-order chi connectivity index (χ0) is 15.5. The number of likely N-dealkylation sites (tertiary alicyclic amines) is 1. The Morgan fingerprint density at radius 3 is 2.74 bits per heavy atom. The lowest BCUT2D eigenvalue weighted by atomic mass is 9.96. The van der Waals surface area contributed by atoms with E-state index < -0.39 is 0 Å². The van der Waals surface area contributed by atoms with Gasteiger partial charge in [-0.1, -0.05) is 30.3 Å². The van der Waals surface area contributed by atoms with Crippen molar-refractivity contribution in [1.29, 1.82) is 0 Å². The molecule has 3 aliphatic rings. The van der Waals surface area contributed by atoms with Crippen molar-refractivity contribution in [3.63, 3.8) is 0 Å². The van der Waals surface area contributed by atoms with Crippen molar-refractivity contribution < 1.29 is 0 Å². The summed E-state index contributed by atoms with van der Waals surface area (Å²) in [6, 6.07) is 11.7. The minimum Gasteiger partial charge on any atom is -0.313 e. The van der Waals surface area contributed by atoms with Crippen LogP contribution in [0.4, 0.5) is 0 Å². The summed E-state index contributed by atoms with van der Waals surface area (Å²) >= 11 is 0. The van der Waals surface area contributed by atoms with E-state index in [4.69, 9.17) is 0 Å². The quantitative estimate of drug-likeness (QED) is 0.844. The fourth-order valence-electron chi connectivity index (χ4n) is 4.00. The molecule has 2 N–H and O–H groups in total. The van der Waals surface area contributed by atoms with Gasteiger partial charge in [-0.25, -0.2) is 0 Å². The molecule has 2 heterocycles. The monoisotopic (exact) mass is 312 g/mol. The first-order valence-electron chi connectivity index (χ1n) is 9.15. The fraction of sp³-hybridized carbons (Fsp3) is 0.632. The second-order valence-electron chi connectivity index (χ2n) is 7.41. The van der Waals surface area contributed by atoms with Crippen LogP contribution in [0.15, 0.2) is 35.4 Å². The van der Waals surface area contributed by atoms with Gasteiger partial charge in [0.1, 0.15) is 0 Å². The van der Waals surface area contributed by atoms with Gasteiger partial charge in [-0.3, -0.25) is 0 Å². The molecule has 0 aromatic heterocycles. The van der Waals surface area contributed by atoms with Crippen LogP contribution in [0.3, 0.4) is 0 Å². The minimum absolute atomic E-state index is 0.614. The molecule has 4 rings (SSSR count). The van der Waals surface area contributed by atoms with Crippen molar-refractivity contribution in [1.82, 2.24) is 15.6 Å². The van der Waals surface area contributed by atoms with Crippen molar-refractivity contribution in [3.05, 3.63) is 35.9 Å². The standard InChI is InChI=1S/C19H28N4/c1-2-4-17(5-3-1)18-10-19(18)20-11-15-6-8-23(9-7-15)14-16-12-21-22-13-16/h1-5,12,15-16,18-20,22H,6-11,13-14H2/t16?,18-,19+/m0/s1. The van der Waals surface area contributed by atoms with Gasteiger partial charge in [-0.15, -0.1) is 0 Å². The zero-order valence-corrected chi connectivity index (χ0v) is 13.8. The Kier molecular flexibility index (Phi) is 4.62. The molecule has 124 valence electrons. The molecule has 1 unspecified atom stereocenters. The van der Waals surface area contributed by atoms with Gasteiger partial charge >= 0.3 is 0 Å². The van der Waals surface area contributed by atoms with Gasteiger partial charge in [0.05, 0.1) is 0 Å². The minimum atomic E-state index is 0.614. The van der Waals surface area contributed by atoms with E-state index in [0.717, 1.165) is 24.4 Å². The third-order valence-electron chi connectivity index (χ3n) is 5.62. The highest BCUT2D eigenvalue weighted by atomic mass is 15.3. The van der Waals surface area contributed by atoms with Gasteiger partial charge in [0.15, 0.2) is 0 Å². The Hall–Kier alpha value is -1.39. The number of rotatable bonds is 6. The first-order valence-corrected chi connectivity index (χ1v) is 9.15. The molecular weight excluding hydrogens is 284 g/mol. The molecule has 2 fully saturated rings. The summed E-state index contributed by atoms with van der Waals surface area (Å²) in [7, 11) is 0. The molecule has 2 aliphatic heterocycles. The molecule has 1 aromatic rings. The molecule has 23 heavy (non-hydrogen) atoms. The smallest absolute Gasteiger partial charge is 0.0420 e.